The van der Waals surface area contributed by atoms with Crippen molar-refractivity contribution in [2.24, 2.45) is 5.73 Å². The summed E-state index contributed by atoms with van der Waals surface area (Å²) in [6, 6.07) is 10.6. The third-order valence-electron chi connectivity index (χ3n) is 1.97. The van der Waals surface area contributed by atoms with E-state index >= 15 is 0 Å². The number of rotatable bonds is 5. The van der Waals surface area contributed by atoms with Crippen LogP contribution in [0.15, 0.2) is 30.3 Å². The number of hydrogen-bond donors (Lipinski definition) is 1. The van der Waals surface area contributed by atoms with Crippen LogP contribution < -0.4 is 5.73 Å². The predicted octanol–water partition coefficient (Wildman–Crippen LogP) is 2.83. The summed E-state index contributed by atoms with van der Waals surface area (Å²) in [5.41, 5.74) is 6.99. The van der Waals surface area contributed by atoms with Crippen molar-refractivity contribution in [3.8, 4) is 0 Å². The Kier molecular flexibility index (Phi) is 4.94. The average Bonchev–Trinajstić information content (AvgIpc) is 2.19. The van der Waals surface area contributed by atoms with Gasteiger partial charge in [-0.25, -0.2) is 0 Å². The highest BCUT2D eigenvalue weighted by Crippen LogP contribution is 2.30. The van der Waals surface area contributed by atoms with Crippen LogP contribution in [0.2, 0.25) is 0 Å². The molecule has 72 valence electrons. The summed E-state index contributed by atoms with van der Waals surface area (Å²) >= 11 is 1.97. The largest absolute Gasteiger partial charge is 0.330 e. The zero-order valence-electron chi connectivity index (χ0n) is 8.07. The van der Waals surface area contributed by atoms with Crippen molar-refractivity contribution in [3.63, 3.8) is 0 Å². The molecule has 1 nitrogen and oxygen atoms in total. The first-order valence-electron chi connectivity index (χ1n) is 4.75. The Balaban J connectivity index is 2.64. The van der Waals surface area contributed by atoms with Crippen molar-refractivity contribution in [2.75, 3.05) is 12.3 Å². The van der Waals surface area contributed by atoms with Crippen LogP contribution >= 0.6 is 11.8 Å². The Bertz CT molecular complexity index is 217. The van der Waals surface area contributed by atoms with Crippen LogP contribution in [0.1, 0.15) is 24.2 Å². The third-order valence-corrected chi connectivity index (χ3v) is 3.21. The van der Waals surface area contributed by atoms with Crippen molar-refractivity contribution in [2.45, 2.75) is 18.6 Å². The van der Waals surface area contributed by atoms with E-state index in [1.54, 1.807) is 0 Å². The molecule has 1 atom stereocenters. The fourth-order valence-corrected chi connectivity index (χ4v) is 2.42. The molecule has 1 aromatic rings. The summed E-state index contributed by atoms with van der Waals surface area (Å²) in [6.07, 6.45) is 1.07. The Morgan fingerprint density at radius 2 is 2.00 bits per heavy atom. The second-order valence-electron chi connectivity index (χ2n) is 2.93. The number of benzene rings is 1. The minimum atomic E-state index is 0.580. The molecule has 0 saturated carbocycles. The molecule has 2 heteroatoms. The van der Waals surface area contributed by atoms with Gasteiger partial charge in [-0.2, -0.15) is 11.8 Å². The molecule has 0 amide bonds. The van der Waals surface area contributed by atoms with Crippen LogP contribution in [0.5, 0.6) is 0 Å². The van der Waals surface area contributed by atoms with E-state index in [9.17, 15) is 0 Å². The smallest absolute Gasteiger partial charge is 0.0309 e. The van der Waals surface area contributed by atoms with Gasteiger partial charge in [-0.05, 0) is 24.3 Å². The Labute approximate surface area is 84.7 Å². The molecule has 1 unspecified atom stereocenters. The lowest BCUT2D eigenvalue weighted by atomic mass is 10.1. The molecule has 13 heavy (non-hydrogen) atoms. The minimum Gasteiger partial charge on any atom is -0.330 e. The quantitative estimate of drug-likeness (QED) is 0.782. The van der Waals surface area contributed by atoms with Gasteiger partial charge in [-0.15, -0.1) is 0 Å². The van der Waals surface area contributed by atoms with Crippen molar-refractivity contribution in [1.29, 1.82) is 0 Å². The van der Waals surface area contributed by atoms with Crippen LogP contribution in [0, 0.1) is 0 Å². The molecule has 0 aliphatic heterocycles. The van der Waals surface area contributed by atoms with Gasteiger partial charge in [0.25, 0.3) is 0 Å². The van der Waals surface area contributed by atoms with Crippen LogP contribution in [-0.2, 0) is 0 Å². The fraction of sp³-hybridized carbons (Fsp3) is 0.455. The normalized spacial score (nSPS) is 12.8. The summed E-state index contributed by atoms with van der Waals surface area (Å²) < 4.78 is 0. The van der Waals surface area contributed by atoms with E-state index in [-0.39, 0.29) is 0 Å². The number of thioether (sulfide) groups is 1. The van der Waals surface area contributed by atoms with Crippen molar-refractivity contribution in [1.82, 2.24) is 0 Å². The van der Waals surface area contributed by atoms with Crippen LogP contribution in [-0.4, -0.2) is 12.3 Å². The zero-order chi connectivity index (χ0) is 9.52. The molecule has 0 bridgehead atoms. The maximum atomic E-state index is 5.58. The fourth-order valence-electron chi connectivity index (χ4n) is 1.37. The van der Waals surface area contributed by atoms with Crippen LogP contribution in [0.4, 0.5) is 0 Å². The first-order chi connectivity index (χ1) is 6.38. The van der Waals surface area contributed by atoms with Crippen molar-refractivity contribution < 1.29 is 0 Å². The first-order valence-corrected chi connectivity index (χ1v) is 5.80. The van der Waals surface area contributed by atoms with Gasteiger partial charge >= 0.3 is 0 Å². The van der Waals surface area contributed by atoms with Gasteiger partial charge in [0.1, 0.15) is 0 Å². The minimum absolute atomic E-state index is 0.580. The predicted molar refractivity (Wildman–Crippen MR) is 61.0 cm³/mol. The average molecular weight is 195 g/mol. The molecule has 0 aromatic heterocycles. The lowest BCUT2D eigenvalue weighted by molar-refractivity contribution is 0.814. The molecule has 1 aromatic carbocycles. The molecule has 0 saturated heterocycles. The van der Waals surface area contributed by atoms with E-state index in [1.165, 1.54) is 5.56 Å². The third kappa shape index (κ3) is 3.41. The van der Waals surface area contributed by atoms with Crippen LogP contribution in [0.25, 0.3) is 0 Å². The zero-order valence-corrected chi connectivity index (χ0v) is 8.89. The monoisotopic (exact) mass is 195 g/mol. The van der Waals surface area contributed by atoms with Gasteiger partial charge in [0.2, 0.25) is 0 Å². The maximum Gasteiger partial charge on any atom is 0.0309 e. The second-order valence-corrected chi connectivity index (χ2v) is 4.41. The summed E-state index contributed by atoms with van der Waals surface area (Å²) in [5.74, 6) is 1.15. The molecule has 0 aliphatic carbocycles. The topological polar surface area (TPSA) is 26.0 Å². The van der Waals surface area contributed by atoms with E-state index in [2.05, 4.69) is 37.3 Å². The Hall–Kier alpha value is -0.470. The molecule has 1 rings (SSSR count). The highest BCUT2D eigenvalue weighted by molar-refractivity contribution is 7.99. The van der Waals surface area contributed by atoms with Crippen molar-refractivity contribution in [3.05, 3.63) is 35.9 Å². The van der Waals surface area contributed by atoms with Gasteiger partial charge in [0.05, 0.1) is 0 Å². The highest BCUT2D eigenvalue weighted by atomic mass is 32.2. The van der Waals surface area contributed by atoms with Gasteiger partial charge in [0, 0.05) is 5.25 Å². The van der Waals surface area contributed by atoms with Crippen molar-refractivity contribution >= 4 is 11.8 Å². The standard InChI is InChI=1S/C11H17NS/c1-2-13-11(8-9-12)10-6-4-3-5-7-10/h3-7,11H,2,8-9,12H2,1H3. The molecule has 0 aliphatic rings. The molecule has 0 fully saturated rings. The van der Waals surface area contributed by atoms with Gasteiger partial charge < -0.3 is 5.73 Å². The van der Waals surface area contributed by atoms with Gasteiger partial charge in [-0.1, -0.05) is 37.3 Å². The van der Waals surface area contributed by atoms with E-state index in [0.717, 1.165) is 18.7 Å². The highest BCUT2D eigenvalue weighted by Gasteiger charge is 2.08. The molecule has 2 N–H and O–H groups in total. The number of nitrogens with two attached hydrogens (primary N) is 1. The summed E-state index contributed by atoms with van der Waals surface area (Å²) in [4.78, 5) is 0. The van der Waals surface area contributed by atoms with E-state index in [0.29, 0.717) is 5.25 Å². The summed E-state index contributed by atoms with van der Waals surface area (Å²) in [5, 5.41) is 0.580. The first kappa shape index (κ1) is 10.6. The second kappa shape index (κ2) is 6.06. The van der Waals surface area contributed by atoms with E-state index < -0.39 is 0 Å². The molecule has 0 radical (unpaired) electrons. The molecular formula is C11H17NS. The molecular weight excluding hydrogens is 178 g/mol. The lowest BCUT2D eigenvalue weighted by Gasteiger charge is -2.14. The van der Waals surface area contributed by atoms with Gasteiger partial charge in [0.15, 0.2) is 0 Å². The maximum absolute atomic E-state index is 5.58. The Morgan fingerprint density at radius 3 is 2.54 bits per heavy atom. The number of hydrogen-bond acceptors (Lipinski definition) is 2. The van der Waals surface area contributed by atoms with Gasteiger partial charge in [-0.3, -0.25) is 0 Å². The molecule has 0 heterocycles. The Morgan fingerprint density at radius 1 is 1.31 bits per heavy atom. The SMILES string of the molecule is CCSC(CCN)c1ccccc1. The molecule has 0 spiro atoms. The lowest BCUT2D eigenvalue weighted by Crippen LogP contribution is -2.05. The summed E-state index contributed by atoms with van der Waals surface area (Å²) in [6.45, 7) is 2.96. The summed E-state index contributed by atoms with van der Waals surface area (Å²) in [7, 11) is 0. The van der Waals surface area contributed by atoms with E-state index in [1.807, 2.05) is 11.8 Å². The van der Waals surface area contributed by atoms with Crippen LogP contribution in [0.3, 0.4) is 0 Å². The van der Waals surface area contributed by atoms with E-state index in [4.69, 9.17) is 5.73 Å².